The van der Waals surface area contributed by atoms with Crippen LogP contribution in [-0.2, 0) is 54.8 Å². The van der Waals surface area contributed by atoms with Crippen LogP contribution in [0.5, 0.6) is 0 Å². The zero-order chi connectivity index (χ0) is 37.9. The minimum absolute atomic E-state index is 0. The Morgan fingerprint density at radius 3 is 1.58 bits per heavy atom. The van der Waals surface area contributed by atoms with E-state index >= 15 is 0 Å². The van der Waals surface area contributed by atoms with E-state index in [9.17, 15) is 26.3 Å². The first kappa shape index (κ1) is 46.3. The van der Waals surface area contributed by atoms with Gasteiger partial charge in [-0.3, -0.25) is 0 Å². The van der Waals surface area contributed by atoms with Crippen molar-refractivity contribution in [2.75, 3.05) is 0 Å². The number of hydrogen-bond acceptors (Lipinski definition) is 0. The Hall–Kier alpha value is -2.86. The molecule has 0 aliphatic heterocycles. The van der Waals surface area contributed by atoms with E-state index in [0.29, 0.717) is 19.7 Å². The Kier molecular flexibility index (Phi) is 16.3. The molecule has 5 aromatic rings. The van der Waals surface area contributed by atoms with Crippen LogP contribution in [0, 0.1) is 33.8 Å². The summed E-state index contributed by atoms with van der Waals surface area (Å²) in [4.78, 5) is 0. The topological polar surface area (TPSA) is 0 Å². The summed E-state index contributed by atoms with van der Waals surface area (Å²) < 4.78 is 75.6. The molecular formula is C44H44Cl2F6Zr-2. The molecule has 0 spiro atoms. The van der Waals surface area contributed by atoms with Crippen molar-refractivity contribution < 1.29 is 75.4 Å². The Balaban J connectivity index is 0.000000281. The van der Waals surface area contributed by atoms with Crippen LogP contribution < -0.4 is 24.8 Å². The summed E-state index contributed by atoms with van der Waals surface area (Å²) in [5.74, 6) is 0. The smallest absolute Gasteiger partial charge is 1.00 e. The first-order chi connectivity index (χ1) is 23.7. The SMILES string of the molecule is CCCc1cc(C(C)(C)C)c[cH-]1.Cc1[c-]c2c(cc1C)-c1cc(C)c(C)cc1C2.FC(F)(F)c1ccc([C](=[Zr+2])c2ccc(C(F)(F)F)cc2)cc1.[Cl-].[Cl-]. The van der Waals surface area contributed by atoms with Gasteiger partial charge >= 0.3 is 137 Å². The van der Waals surface area contributed by atoms with E-state index in [-0.39, 0.29) is 24.8 Å². The maximum Gasteiger partial charge on any atom is -1.00 e. The fraction of sp³-hybridized carbons (Fsp3) is 0.318. The Bertz CT molecular complexity index is 1860. The third kappa shape index (κ3) is 12.1. The molecule has 9 heteroatoms. The van der Waals surface area contributed by atoms with Crippen molar-refractivity contribution in [1.29, 1.82) is 0 Å². The Morgan fingerprint density at radius 1 is 0.679 bits per heavy atom. The van der Waals surface area contributed by atoms with Crippen molar-refractivity contribution in [1.82, 2.24) is 0 Å². The molecule has 1 aliphatic rings. The van der Waals surface area contributed by atoms with Crippen LogP contribution in [0.3, 0.4) is 0 Å². The van der Waals surface area contributed by atoms with E-state index in [1.165, 1.54) is 92.7 Å². The average molecular weight is 849 g/mol. The molecule has 0 bridgehead atoms. The van der Waals surface area contributed by atoms with Crippen LogP contribution in [0.15, 0.2) is 84.9 Å². The van der Waals surface area contributed by atoms with Gasteiger partial charge in [0.05, 0.1) is 0 Å². The number of alkyl halides is 6. The summed E-state index contributed by atoms with van der Waals surface area (Å²) in [6.45, 7) is 17.7. The standard InChI is InChI=1S/C17H17.C15H8F6.C12H19.2ClH.Zr/c1-10-5-14-9-15-6-11(2)13(4)8-17(15)16(14)7-12(10)3;16-14(17,18)12-5-1-10(2-6-12)9-11-3-7-13(8-4-11)15(19,20)21;1-5-6-10-7-8-11(9-10)12(2,3)4;;;/h5,7-8H,9H2,1-4H3;1-8H;7-9H,5-6H2,1-4H3;2*1H;/q-1;;-1;;;+2/p-2. The van der Waals surface area contributed by atoms with Crippen LogP contribution in [0.1, 0.15) is 101 Å². The van der Waals surface area contributed by atoms with Crippen LogP contribution in [0.2, 0.25) is 0 Å². The summed E-state index contributed by atoms with van der Waals surface area (Å²) in [5, 5.41) is 0. The van der Waals surface area contributed by atoms with Crippen LogP contribution in [0.25, 0.3) is 11.1 Å². The number of rotatable bonds is 4. The van der Waals surface area contributed by atoms with Crippen molar-refractivity contribution in [2.45, 2.75) is 92.4 Å². The molecule has 5 aromatic carbocycles. The fourth-order valence-corrected chi connectivity index (χ4v) is 6.69. The van der Waals surface area contributed by atoms with E-state index in [2.05, 4.69) is 97.9 Å². The Morgan fingerprint density at radius 2 is 1.15 bits per heavy atom. The van der Waals surface area contributed by atoms with Gasteiger partial charge in [0.2, 0.25) is 0 Å². The molecule has 0 unspecified atom stereocenters. The van der Waals surface area contributed by atoms with Gasteiger partial charge in [-0.15, -0.1) is 11.1 Å². The summed E-state index contributed by atoms with van der Waals surface area (Å²) in [7, 11) is 0. The molecule has 0 saturated carbocycles. The third-order valence-electron chi connectivity index (χ3n) is 9.22. The minimum Gasteiger partial charge on any atom is -1.00 e. The van der Waals surface area contributed by atoms with Gasteiger partial charge in [-0.25, -0.2) is 6.07 Å². The number of hydrogen-bond donors (Lipinski definition) is 0. The van der Waals surface area contributed by atoms with Crippen molar-refractivity contribution in [2.24, 2.45) is 0 Å². The number of fused-ring (bicyclic) bond motifs is 3. The van der Waals surface area contributed by atoms with Gasteiger partial charge < -0.3 is 24.8 Å². The van der Waals surface area contributed by atoms with Crippen LogP contribution >= 0.6 is 0 Å². The second-order valence-electron chi connectivity index (χ2n) is 14.3. The second-order valence-corrected chi connectivity index (χ2v) is 15.5. The van der Waals surface area contributed by atoms with Gasteiger partial charge in [0, 0.05) is 0 Å². The third-order valence-corrected chi connectivity index (χ3v) is 10.6. The van der Waals surface area contributed by atoms with Gasteiger partial charge in [-0.2, -0.15) is 46.5 Å². The number of halogens is 8. The largest absolute Gasteiger partial charge is 1.00 e. The zero-order valence-corrected chi connectivity index (χ0v) is 35.2. The van der Waals surface area contributed by atoms with Crippen LogP contribution in [-0.4, -0.2) is 3.21 Å². The molecular weight excluding hydrogens is 805 g/mol. The summed E-state index contributed by atoms with van der Waals surface area (Å²) >= 11 is 0.898. The molecule has 0 saturated heterocycles. The fourth-order valence-electron chi connectivity index (χ4n) is 5.87. The molecule has 0 amide bonds. The van der Waals surface area contributed by atoms with E-state index in [1.54, 1.807) is 0 Å². The summed E-state index contributed by atoms with van der Waals surface area (Å²) in [5.41, 5.74) is 13.9. The number of aryl methyl sites for hydroxylation is 5. The van der Waals surface area contributed by atoms with Gasteiger partial charge in [-0.1, -0.05) is 77.5 Å². The van der Waals surface area contributed by atoms with Gasteiger partial charge in [0.1, 0.15) is 0 Å². The van der Waals surface area contributed by atoms with Crippen molar-refractivity contribution >= 4 is 3.21 Å². The molecule has 0 N–H and O–H groups in total. The zero-order valence-electron chi connectivity index (χ0n) is 31.2. The molecule has 0 nitrogen and oxygen atoms in total. The van der Waals surface area contributed by atoms with E-state index in [0.717, 1.165) is 54.9 Å². The molecule has 0 heterocycles. The first-order valence-corrected chi connectivity index (χ1v) is 18.2. The molecule has 0 aromatic heterocycles. The van der Waals surface area contributed by atoms with Gasteiger partial charge in [0.25, 0.3) is 0 Å². The number of benzene rings is 4. The molecule has 53 heavy (non-hydrogen) atoms. The monoisotopic (exact) mass is 846 g/mol. The molecule has 1 aliphatic carbocycles. The van der Waals surface area contributed by atoms with Crippen molar-refractivity contribution in [3.63, 3.8) is 0 Å². The minimum atomic E-state index is -4.41. The maximum atomic E-state index is 12.5. The molecule has 0 atom stereocenters. The molecule has 282 valence electrons. The molecule has 0 fully saturated rings. The van der Waals surface area contributed by atoms with Crippen molar-refractivity contribution in [3.8, 4) is 11.1 Å². The first-order valence-electron chi connectivity index (χ1n) is 17.0. The summed E-state index contributed by atoms with van der Waals surface area (Å²) in [6, 6.07) is 26.5. The predicted octanol–water partition coefficient (Wildman–Crippen LogP) is 6.79. The van der Waals surface area contributed by atoms with Gasteiger partial charge in [0.15, 0.2) is 0 Å². The average Bonchev–Trinajstić information content (AvgIpc) is 3.66. The van der Waals surface area contributed by atoms with Crippen LogP contribution in [0.4, 0.5) is 26.3 Å². The normalized spacial score (nSPS) is 11.8. The molecule has 0 radical (unpaired) electrons. The predicted molar refractivity (Wildman–Crippen MR) is 193 cm³/mol. The van der Waals surface area contributed by atoms with E-state index < -0.39 is 23.5 Å². The van der Waals surface area contributed by atoms with Crippen molar-refractivity contribution in [3.05, 3.63) is 158 Å². The second kappa shape index (κ2) is 18.7. The van der Waals surface area contributed by atoms with E-state index in [4.69, 9.17) is 0 Å². The summed E-state index contributed by atoms with van der Waals surface area (Å²) in [6.07, 6.45) is -5.31. The Labute approximate surface area is 337 Å². The molecule has 6 rings (SSSR count). The van der Waals surface area contributed by atoms with Gasteiger partial charge in [-0.05, 0) is 37.0 Å². The quantitative estimate of drug-likeness (QED) is 0.136. The maximum absolute atomic E-state index is 12.5. The van der Waals surface area contributed by atoms with E-state index in [1.807, 2.05) is 0 Å².